The maximum atomic E-state index is 13.1. The van der Waals surface area contributed by atoms with Gasteiger partial charge in [-0.05, 0) is 75.5 Å². The first kappa shape index (κ1) is 29.5. The fourth-order valence-electron chi connectivity index (χ4n) is 3.67. The molecule has 0 radical (unpaired) electrons. The van der Waals surface area contributed by atoms with E-state index in [1.807, 2.05) is 12.5 Å². The molecule has 0 spiro atoms. The Bertz CT molecular complexity index is 655. The maximum Gasteiger partial charge on any atom is 0.326 e. The second-order valence-electron chi connectivity index (χ2n) is 8.10. The monoisotopic (exact) mass is 505 g/mol. The molecule has 4 unspecified atom stereocenters. The summed E-state index contributed by atoms with van der Waals surface area (Å²) in [5.41, 5.74) is 11.5. The van der Waals surface area contributed by atoms with Gasteiger partial charge in [0, 0.05) is 6.54 Å². The van der Waals surface area contributed by atoms with Crippen LogP contribution in [0, 0.1) is 0 Å². The van der Waals surface area contributed by atoms with Crippen molar-refractivity contribution in [2.75, 3.05) is 37.1 Å². The van der Waals surface area contributed by atoms with Crippen LogP contribution in [0.3, 0.4) is 0 Å². The van der Waals surface area contributed by atoms with Crippen LogP contribution in [0.2, 0.25) is 0 Å². The highest BCUT2D eigenvalue weighted by Crippen LogP contribution is 2.20. The number of rotatable bonds is 16. The molecule has 3 amide bonds. The molecule has 0 aromatic rings. The van der Waals surface area contributed by atoms with Crippen LogP contribution in [0.4, 0.5) is 0 Å². The Morgan fingerprint density at radius 1 is 1.00 bits per heavy atom. The van der Waals surface area contributed by atoms with Gasteiger partial charge in [0.05, 0.1) is 6.04 Å². The average molecular weight is 506 g/mol. The van der Waals surface area contributed by atoms with E-state index in [-0.39, 0.29) is 0 Å². The van der Waals surface area contributed by atoms with Gasteiger partial charge in [0.1, 0.15) is 18.1 Å². The van der Waals surface area contributed by atoms with E-state index in [0.29, 0.717) is 63.8 Å². The number of likely N-dealkylation sites (tertiary alicyclic amines) is 1. The predicted octanol–water partition coefficient (Wildman–Crippen LogP) is -0.00590. The Balaban J connectivity index is 2.92. The van der Waals surface area contributed by atoms with Crippen LogP contribution in [0.5, 0.6) is 0 Å². The van der Waals surface area contributed by atoms with Crippen LogP contribution in [0.25, 0.3) is 0 Å². The van der Waals surface area contributed by atoms with Crippen LogP contribution in [-0.4, -0.2) is 95.0 Å². The van der Waals surface area contributed by atoms with Gasteiger partial charge in [-0.2, -0.15) is 23.5 Å². The summed E-state index contributed by atoms with van der Waals surface area (Å²) in [6, 6.07) is -3.30. The molecule has 33 heavy (non-hydrogen) atoms. The van der Waals surface area contributed by atoms with E-state index in [2.05, 4.69) is 10.6 Å². The van der Waals surface area contributed by atoms with Crippen molar-refractivity contribution in [2.24, 2.45) is 11.5 Å². The smallest absolute Gasteiger partial charge is 0.326 e. The zero-order chi connectivity index (χ0) is 24.8. The number of unbranched alkanes of at least 4 members (excludes halogenated alkanes) is 1. The highest BCUT2D eigenvalue weighted by Gasteiger charge is 2.38. The van der Waals surface area contributed by atoms with Crippen molar-refractivity contribution in [3.63, 3.8) is 0 Å². The molecule has 0 aromatic carbocycles. The molecule has 0 bridgehead atoms. The first-order chi connectivity index (χ1) is 15.8. The van der Waals surface area contributed by atoms with Gasteiger partial charge in [0.15, 0.2) is 0 Å². The number of carbonyl (C=O) groups is 4. The third-order valence-electron chi connectivity index (χ3n) is 5.60. The molecular formula is C21H39N5O5S2. The molecule has 1 saturated heterocycles. The number of thioether (sulfide) groups is 2. The van der Waals surface area contributed by atoms with Crippen molar-refractivity contribution >= 4 is 47.2 Å². The minimum atomic E-state index is -1.04. The summed E-state index contributed by atoms with van der Waals surface area (Å²) in [7, 11) is 0. The van der Waals surface area contributed by atoms with Crippen molar-refractivity contribution < 1.29 is 24.3 Å². The number of carbonyl (C=O) groups excluding carboxylic acids is 3. The fraction of sp³-hybridized carbons (Fsp3) is 0.810. The Hall–Kier alpha value is -1.50. The molecule has 4 atom stereocenters. The zero-order valence-electron chi connectivity index (χ0n) is 19.6. The van der Waals surface area contributed by atoms with Crippen molar-refractivity contribution in [3.8, 4) is 0 Å². The molecule has 0 saturated carbocycles. The SMILES string of the molecule is CSCCC(N)C(=O)NC(CCCCN)C(=O)NC(CCSC)C(=O)N1CCCC1C(=O)O. The summed E-state index contributed by atoms with van der Waals surface area (Å²) in [4.78, 5) is 51.7. The van der Waals surface area contributed by atoms with Gasteiger partial charge in [0.25, 0.3) is 0 Å². The normalized spacial score (nSPS) is 18.4. The van der Waals surface area contributed by atoms with E-state index in [0.717, 1.165) is 5.75 Å². The first-order valence-corrected chi connectivity index (χ1v) is 14.1. The highest BCUT2D eigenvalue weighted by molar-refractivity contribution is 7.98. The van der Waals surface area contributed by atoms with Crippen molar-refractivity contribution in [1.29, 1.82) is 0 Å². The Morgan fingerprint density at radius 2 is 1.64 bits per heavy atom. The van der Waals surface area contributed by atoms with E-state index in [1.54, 1.807) is 11.8 Å². The highest BCUT2D eigenvalue weighted by atomic mass is 32.2. The van der Waals surface area contributed by atoms with E-state index >= 15 is 0 Å². The lowest BCUT2D eigenvalue weighted by molar-refractivity contribution is -0.149. The number of carboxylic acids is 1. The molecule has 7 N–H and O–H groups in total. The Labute approximate surface area is 204 Å². The summed E-state index contributed by atoms with van der Waals surface area (Å²) >= 11 is 3.11. The van der Waals surface area contributed by atoms with Crippen LogP contribution in [0.1, 0.15) is 44.9 Å². The van der Waals surface area contributed by atoms with Crippen LogP contribution >= 0.6 is 23.5 Å². The second kappa shape index (κ2) is 16.2. The Kier molecular flexibility index (Phi) is 14.5. The van der Waals surface area contributed by atoms with Gasteiger partial charge in [-0.1, -0.05) is 0 Å². The summed E-state index contributed by atoms with van der Waals surface area (Å²) in [5.74, 6) is -0.971. The van der Waals surface area contributed by atoms with E-state index in [1.165, 1.54) is 16.7 Å². The molecule has 12 heteroatoms. The molecule has 1 aliphatic rings. The Morgan fingerprint density at radius 3 is 2.24 bits per heavy atom. The summed E-state index contributed by atoms with van der Waals surface area (Å²) in [6.07, 6.45) is 7.38. The molecule has 0 aliphatic carbocycles. The molecule has 1 rings (SSSR count). The number of nitrogens with two attached hydrogens (primary N) is 2. The van der Waals surface area contributed by atoms with Gasteiger partial charge in [-0.3, -0.25) is 14.4 Å². The number of aliphatic carboxylic acids is 1. The van der Waals surface area contributed by atoms with Gasteiger partial charge < -0.3 is 32.1 Å². The lowest BCUT2D eigenvalue weighted by Gasteiger charge is -2.29. The summed E-state index contributed by atoms with van der Waals surface area (Å²) in [6.45, 7) is 0.818. The largest absolute Gasteiger partial charge is 0.480 e. The van der Waals surface area contributed by atoms with Gasteiger partial charge in [0.2, 0.25) is 17.7 Å². The number of nitrogens with one attached hydrogen (secondary N) is 2. The van der Waals surface area contributed by atoms with Crippen molar-refractivity contribution in [1.82, 2.24) is 15.5 Å². The van der Waals surface area contributed by atoms with Gasteiger partial charge in [-0.25, -0.2) is 4.79 Å². The third kappa shape index (κ3) is 10.1. The molecule has 1 heterocycles. The van der Waals surface area contributed by atoms with Crippen molar-refractivity contribution in [3.05, 3.63) is 0 Å². The lowest BCUT2D eigenvalue weighted by atomic mass is 10.1. The summed E-state index contributed by atoms with van der Waals surface area (Å²) in [5, 5.41) is 14.9. The second-order valence-corrected chi connectivity index (χ2v) is 10.1. The van der Waals surface area contributed by atoms with Crippen LogP contribution in [-0.2, 0) is 19.2 Å². The molecule has 190 valence electrons. The molecular weight excluding hydrogens is 466 g/mol. The molecule has 10 nitrogen and oxygen atoms in total. The fourth-order valence-corrected chi connectivity index (χ4v) is 4.63. The minimum absolute atomic E-state index is 0.350. The maximum absolute atomic E-state index is 13.1. The van der Waals surface area contributed by atoms with Crippen molar-refractivity contribution in [2.45, 2.75) is 69.1 Å². The first-order valence-electron chi connectivity index (χ1n) is 11.3. The van der Waals surface area contributed by atoms with E-state index < -0.39 is 47.9 Å². The molecule has 1 aliphatic heterocycles. The van der Waals surface area contributed by atoms with Crippen LogP contribution < -0.4 is 22.1 Å². The number of hydrogen-bond donors (Lipinski definition) is 5. The topological polar surface area (TPSA) is 168 Å². The van der Waals surface area contributed by atoms with E-state index in [9.17, 15) is 24.3 Å². The number of amides is 3. The van der Waals surface area contributed by atoms with E-state index in [4.69, 9.17) is 11.5 Å². The van der Waals surface area contributed by atoms with Gasteiger partial charge in [-0.15, -0.1) is 0 Å². The van der Waals surface area contributed by atoms with Gasteiger partial charge >= 0.3 is 5.97 Å². The average Bonchev–Trinajstić information content (AvgIpc) is 3.29. The number of hydrogen-bond acceptors (Lipinski definition) is 8. The summed E-state index contributed by atoms with van der Waals surface area (Å²) < 4.78 is 0. The third-order valence-corrected chi connectivity index (χ3v) is 6.88. The minimum Gasteiger partial charge on any atom is -0.480 e. The molecule has 0 aromatic heterocycles. The standard InChI is InChI=1S/C21H39N5O5S2/c1-32-12-8-14(23)18(27)24-15(6-3-4-10-22)19(28)25-16(9-13-33-2)20(29)26-11-5-7-17(26)21(30)31/h14-17H,3-13,22-23H2,1-2H3,(H,24,27)(H,25,28)(H,30,31). The quantitative estimate of drug-likeness (QED) is 0.181. The number of nitrogens with zero attached hydrogens (tertiary/aromatic N) is 1. The lowest BCUT2D eigenvalue weighted by Crippen LogP contribution is -2.57. The number of carboxylic acid groups (broad SMARTS) is 1. The predicted molar refractivity (Wildman–Crippen MR) is 133 cm³/mol. The van der Waals surface area contributed by atoms with Crippen LogP contribution in [0.15, 0.2) is 0 Å². The zero-order valence-corrected chi connectivity index (χ0v) is 21.2. The molecule has 1 fully saturated rings.